The van der Waals surface area contributed by atoms with Crippen LogP contribution in [0.4, 0.5) is 0 Å². The molecule has 4 heteroatoms. The molecule has 98 valence electrons. The van der Waals surface area contributed by atoms with Gasteiger partial charge in [-0.25, -0.2) is 4.98 Å². The molecule has 0 saturated carbocycles. The van der Waals surface area contributed by atoms with Gasteiger partial charge in [0.25, 0.3) is 0 Å². The number of aryl methyl sites for hydroxylation is 1. The number of rotatable bonds is 3. The number of fused-ring (bicyclic) bond motifs is 1. The summed E-state index contributed by atoms with van der Waals surface area (Å²) >= 11 is 12.3. The molecule has 0 atom stereocenters. The first-order valence-electron chi connectivity index (χ1n) is 6.12. The zero-order valence-electron chi connectivity index (χ0n) is 11.0. The highest BCUT2D eigenvalue weighted by molar-refractivity contribution is 6.35. The lowest BCUT2D eigenvalue weighted by molar-refractivity contribution is 0.351. The van der Waals surface area contributed by atoms with Crippen LogP contribution in [0.25, 0.3) is 11.0 Å². The Balaban J connectivity index is 2.46. The molecule has 0 N–H and O–H groups in total. The van der Waals surface area contributed by atoms with E-state index in [9.17, 15) is 0 Å². The van der Waals surface area contributed by atoms with Crippen molar-refractivity contribution in [3.63, 3.8) is 0 Å². The Morgan fingerprint density at radius 3 is 2.61 bits per heavy atom. The van der Waals surface area contributed by atoms with E-state index in [2.05, 4.69) is 30.3 Å². The number of hydrogen-bond donors (Lipinski definition) is 0. The molecule has 0 radical (unpaired) electrons. The zero-order chi connectivity index (χ0) is 13.3. The molecule has 2 aromatic rings. The molecule has 1 heterocycles. The predicted octanol–water partition coefficient (Wildman–Crippen LogP) is 4.86. The van der Waals surface area contributed by atoms with E-state index < -0.39 is 0 Å². The van der Waals surface area contributed by atoms with Gasteiger partial charge in [0, 0.05) is 6.54 Å². The van der Waals surface area contributed by atoms with Gasteiger partial charge in [0.05, 0.1) is 21.9 Å². The molecule has 0 unspecified atom stereocenters. The van der Waals surface area contributed by atoms with Gasteiger partial charge < -0.3 is 4.57 Å². The van der Waals surface area contributed by atoms with Crippen LogP contribution >= 0.6 is 23.2 Å². The molecule has 0 amide bonds. The Kier molecular flexibility index (Phi) is 3.88. The van der Waals surface area contributed by atoms with Crippen LogP contribution in [0, 0.1) is 5.41 Å². The lowest BCUT2D eigenvalue weighted by Crippen LogP contribution is -2.12. The number of halogens is 2. The number of nitrogens with zero attached hydrogens (tertiary/aromatic N) is 2. The monoisotopic (exact) mass is 284 g/mol. The number of aromatic nitrogens is 2. The van der Waals surface area contributed by atoms with E-state index in [1.165, 1.54) is 0 Å². The molecular formula is C14H18Cl2N2. The Labute approximate surface area is 118 Å². The average Bonchev–Trinajstić information content (AvgIpc) is 2.64. The summed E-state index contributed by atoms with van der Waals surface area (Å²) in [4.78, 5) is 4.54. The summed E-state index contributed by atoms with van der Waals surface area (Å²) in [6.45, 7) is 7.59. The van der Waals surface area contributed by atoms with Crippen LogP contribution in [-0.4, -0.2) is 9.55 Å². The molecule has 0 aliphatic heterocycles. The molecule has 0 aliphatic carbocycles. The van der Waals surface area contributed by atoms with Gasteiger partial charge in [-0.3, -0.25) is 0 Å². The molecule has 0 fully saturated rings. The zero-order valence-corrected chi connectivity index (χ0v) is 12.5. The highest BCUT2D eigenvalue weighted by Gasteiger charge is 2.16. The SMILES string of the molecule is CC(C)(C)CCn1c(CCl)nc2cccc(Cl)c21. The number of alkyl halides is 1. The van der Waals surface area contributed by atoms with Gasteiger partial charge in [0.15, 0.2) is 0 Å². The van der Waals surface area contributed by atoms with Crippen LogP contribution in [0.3, 0.4) is 0 Å². The van der Waals surface area contributed by atoms with E-state index in [1.54, 1.807) is 0 Å². The summed E-state index contributed by atoms with van der Waals surface area (Å²) in [5.74, 6) is 1.30. The molecule has 0 bridgehead atoms. The van der Waals surface area contributed by atoms with Crippen molar-refractivity contribution in [3.8, 4) is 0 Å². The van der Waals surface area contributed by atoms with Crippen molar-refractivity contribution < 1.29 is 0 Å². The number of hydrogen-bond acceptors (Lipinski definition) is 1. The highest BCUT2D eigenvalue weighted by Crippen LogP contribution is 2.28. The third-order valence-electron chi connectivity index (χ3n) is 3.00. The van der Waals surface area contributed by atoms with E-state index >= 15 is 0 Å². The second kappa shape index (κ2) is 5.10. The van der Waals surface area contributed by atoms with Crippen LogP contribution in [-0.2, 0) is 12.4 Å². The van der Waals surface area contributed by atoms with Gasteiger partial charge in [0.2, 0.25) is 0 Å². The van der Waals surface area contributed by atoms with Crippen molar-refractivity contribution >= 4 is 34.2 Å². The molecule has 0 saturated heterocycles. The first kappa shape index (κ1) is 13.7. The van der Waals surface area contributed by atoms with Gasteiger partial charge in [-0.1, -0.05) is 38.4 Å². The molecule has 0 spiro atoms. The standard InChI is InChI=1S/C14H18Cl2N2/c1-14(2,3)7-8-18-12(9-15)17-11-6-4-5-10(16)13(11)18/h4-6H,7-9H2,1-3H3. The van der Waals surface area contributed by atoms with E-state index in [1.807, 2.05) is 18.2 Å². The first-order valence-corrected chi connectivity index (χ1v) is 7.03. The molecule has 18 heavy (non-hydrogen) atoms. The molecule has 0 aliphatic rings. The minimum Gasteiger partial charge on any atom is -0.326 e. The Morgan fingerprint density at radius 1 is 1.28 bits per heavy atom. The predicted molar refractivity (Wildman–Crippen MR) is 78.4 cm³/mol. The van der Waals surface area contributed by atoms with Gasteiger partial charge >= 0.3 is 0 Å². The third-order valence-corrected chi connectivity index (χ3v) is 3.55. The molecule has 2 nitrogen and oxygen atoms in total. The minimum absolute atomic E-state index is 0.279. The minimum atomic E-state index is 0.279. The Morgan fingerprint density at radius 2 is 2.00 bits per heavy atom. The summed E-state index contributed by atoms with van der Waals surface area (Å²) in [7, 11) is 0. The average molecular weight is 285 g/mol. The topological polar surface area (TPSA) is 17.8 Å². The molecule has 1 aromatic carbocycles. The fraction of sp³-hybridized carbons (Fsp3) is 0.500. The van der Waals surface area contributed by atoms with Crippen molar-refractivity contribution in [2.24, 2.45) is 5.41 Å². The van der Waals surface area contributed by atoms with Crippen molar-refractivity contribution in [1.29, 1.82) is 0 Å². The van der Waals surface area contributed by atoms with E-state index in [4.69, 9.17) is 23.2 Å². The number of benzene rings is 1. The highest BCUT2D eigenvalue weighted by atomic mass is 35.5. The van der Waals surface area contributed by atoms with Crippen molar-refractivity contribution in [2.45, 2.75) is 39.6 Å². The van der Waals surface area contributed by atoms with Crippen molar-refractivity contribution in [3.05, 3.63) is 29.0 Å². The molecule has 1 aromatic heterocycles. The largest absolute Gasteiger partial charge is 0.326 e. The van der Waals surface area contributed by atoms with E-state index in [-0.39, 0.29) is 5.41 Å². The van der Waals surface area contributed by atoms with Crippen LogP contribution in [0.1, 0.15) is 33.0 Å². The lowest BCUT2D eigenvalue weighted by Gasteiger charge is -2.19. The fourth-order valence-corrected chi connectivity index (χ4v) is 2.46. The van der Waals surface area contributed by atoms with E-state index in [0.29, 0.717) is 5.88 Å². The maximum atomic E-state index is 6.28. The van der Waals surface area contributed by atoms with Crippen LogP contribution in [0.5, 0.6) is 0 Å². The summed E-state index contributed by atoms with van der Waals surface area (Å²) in [6.07, 6.45) is 1.06. The molecular weight excluding hydrogens is 267 g/mol. The van der Waals surface area contributed by atoms with Crippen LogP contribution in [0.15, 0.2) is 18.2 Å². The summed E-state index contributed by atoms with van der Waals surface area (Å²) in [5, 5.41) is 0.741. The number of imidazole rings is 1. The second-order valence-electron chi connectivity index (χ2n) is 5.73. The molecule has 2 rings (SSSR count). The normalized spacial score (nSPS) is 12.3. The quantitative estimate of drug-likeness (QED) is 0.736. The number of para-hydroxylation sites is 1. The van der Waals surface area contributed by atoms with Crippen LogP contribution < -0.4 is 0 Å². The maximum absolute atomic E-state index is 6.28. The second-order valence-corrected chi connectivity index (χ2v) is 6.41. The van der Waals surface area contributed by atoms with E-state index in [0.717, 1.165) is 34.8 Å². The maximum Gasteiger partial charge on any atom is 0.124 e. The third kappa shape index (κ3) is 2.81. The summed E-state index contributed by atoms with van der Waals surface area (Å²) in [6, 6.07) is 5.80. The van der Waals surface area contributed by atoms with Gasteiger partial charge in [0.1, 0.15) is 5.82 Å². The van der Waals surface area contributed by atoms with Gasteiger partial charge in [-0.2, -0.15) is 0 Å². The lowest BCUT2D eigenvalue weighted by atomic mass is 9.92. The smallest absolute Gasteiger partial charge is 0.124 e. The van der Waals surface area contributed by atoms with Gasteiger partial charge in [-0.05, 0) is 24.0 Å². The van der Waals surface area contributed by atoms with Crippen LogP contribution in [0.2, 0.25) is 5.02 Å². The summed E-state index contributed by atoms with van der Waals surface area (Å²) in [5.41, 5.74) is 2.20. The van der Waals surface area contributed by atoms with Crippen molar-refractivity contribution in [2.75, 3.05) is 0 Å². The summed E-state index contributed by atoms with van der Waals surface area (Å²) < 4.78 is 2.15. The fourth-order valence-electron chi connectivity index (χ4n) is 1.98. The Bertz CT molecular complexity index is 553. The van der Waals surface area contributed by atoms with Gasteiger partial charge in [-0.15, -0.1) is 11.6 Å². The Hall–Kier alpha value is -0.730. The van der Waals surface area contributed by atoms with Crippen molar-refractivity contribution in [1.82, 2.24) is 9.55 Å². The first-order chi connectivity index (χ1) is 8.42.